The third kappa shape index (κ3) is 3.67. The lowest BCUT2D eigenvalue weighted by atomic mass is 10.1. The van der Waals surface area contributed by atoms with Crippen molar-refractivity contribution in [3.8, 4) is 5.75 Å². The van der Waals surface area contributed by atoms with Crippen molar-refractivity contribution in [3.05, 3.63) is 29.6 Å². The van der Waals surface area contributed by atoms with Gasteiger partial charge in [0.15, 0.2) is 11.6 Å². The molecule has 2 rings (SSSR count). The number of rotatable bonds is 6. The van der Waals surface area contributed by atoms with E-state index in [2.05, 4.69) is 0 Å². The average Bonchev–Trinajstić information content (AvgIpc) is 2.88. The molecular formula is C14H17FO4. The lowest BCUT2D eigenvalue weighted by Crippen LogP contribution is -2.10. The van der Waals surface area contributed by atoms with Crippen LogP contribution in [0.5, 0.6) is 5.75 Å². The van der Waals surface area contributed by atoms with E-state index in [1.54, 1.807) is 0 Å². The van der Waals surface area contributed by atoms with Crippen molar-refractivity contribution in [2.45, 2.75) is 31.8 Å². The predicted octanol–water partition coefficient (Wildman–Crippen LogP) is 2.86. The van der Waals surface area contributed by atoms with Gasteiger partial charge in [-0.05, 0) is 37.8 Å². The maximum atomic E-state index is 13.5. The summed E-state index contributed by atoms with van der Waals surface area (Å²) in [6.07, 6.45) is 3.99. The summed E-state index contributed by atoms with van der Waals surface area (Å²) in [7, 11) is 0. The maximum Gasteiger partial charge on any atom is 0.339 e. The smallest absolute Gasteiger partial charge is 0.339 e. The van der Waals surface area contributed by atoms with Crippen molar-refractivity contribution in [3.63, 3.8) is 0 Å². The maximum absolute atomic E-state index is 13.5. The van der Waals surface area contributed by atoms with E-state index in [0.717, 1.165) is 32.3 Å². The van der Waals surface area contributed by atoms with Crippen LogP contribution in [0.4, 0.5) is 4.39 Å². The first-order chi connectivity index (χ1) is 9.18. The minimum absolute atomic E-state index is 0.142. The Hall–Kier alpha value is -1.62. The van der Waals surface area contributed by atoms with E-state index < -0.39 is 11.8 Å². The first-order valence-corrected chi connectivity index (χ1v) is 6.44. The Balaban J connectivity index is 1.86. The topological polar surface area (TPSA) is 55.8 Å². The summed E-state index contributed by atoms with van der Waals surface area (Å²) < 4.78 is 24.3. The third-order valence-electron chi connectivity index (χ3n) is 3.14. The van der Waals surface area contributed by atoms with Crippen molar-refractivity contribution in [1.82, 2.24) is 0 Å². The van der Waals surface area contributed by atoms with Crippen LogP contribution < -0.4 is 4.74 Å². The zero-order valence-corrected chi connectivity index (χ0v) is 10.6. The van der Waals surface area contributed by atoms with E-state index in [-0.39, 0.29) is 17.4 Å². The van der Waals surface area contributed by atoms with Crippen molar-refractivity contribution in [1.29, 1.82) is 0 Å². The van der Waals surface area contributed by atoms with Gasteiger partial charge in [0.2, 0.25) is 0 Å². The highest BCUT2D eigenvalue weighted by molar-refractivity contribution is 5.90. The Morgan fingerprint density at radius 3 is 3.05 bits per heavy atom. The highest BCUT2D eigenvalue weighted by Crippen LogP contribution is 2.23. The summed E-state index contributed by atoms with van der Waals surface area (Å²) in [4.78, 5) is 10.9. The highest BCUT2D eigenvalue weighted by atomic mass is 19.1. The summed E-state index contributed by atoms with van der Waals surface area (Å²) >= 11 is 0. The Bertz CT molecular complexity index is 441. The van der Waals surface area contributed by atoms with Crippen LogP contribution in [0, 0.1) is 5.82 Å². The van der Waals surface area contributed by atoms with Gasteiger partial charge in [-0.25, -0.2) is 9.18 Å². The third-order valence-corrected chi connectivity index (χ3v) is 3.14. The van der Waals surface area contributed by atoms with Gasteiger partial charge < -0.3 is 14.6 Å². The molecule has 1 saturated heterocycles. The van der Waals surface area contributed by atoms with Crippen LogP contribution in [0.2, 0.25) is 0 Å². The molecule has 104 valence electrons. The van der Waals surface area contributed by atoms with E-state index in [4.69, 9.17) is 14.6 Å². The molecule has 0 saturated carbocycles. The molecule has 19 heavy (non-hydrogen) atoms. The monoisotopic (exact) mass is 268 g/mol. The van der Waals surface area contributed by atoms with E-state index in [9.17, 15) is 9.18 Å². The van der Waals surface area contributed by atoms with Crippen LogP contribution in [0.15, 0.2) is 18.2 Å². The number of carboxylic acids is 1. The molecule has 1 unspecified atom stereocenters. The van der Waals surface area contributed by atoms with Crippen LogP contribution in [0.3, 0.4) is 0 Å². The van der Waals surface area contributed by atoms with E-state index in [1.807, 2.05) is 0 Å². The number of carboxylic acid groups (broad SMARTS) is 1. The van der Waals surface area contributed by atoms with Crippen LogP contribution in [-0.2, 0) is 4.74 Å². The normalized spacial score (nSPS) is 18.5. The second kappa shape index (κ2) is 6.52. The highest BCUT2D eigenvalue weighted by Gasteiger charge is 2.17. The Kier molecular flexibility index (Phi) is 4.74. The molecule has 1 fully saturated rings. The van der Waals surface area contributed by atoms with Crippen molar-refractivity contribution in [2.75, 3.05) is 13.2 Å². The van der Waals surface area contributed by atoms with E-state index >= 15 is 0 Å². The standard InChI is InChI=1S/C14H17FO4/c15-12-7-1-6-11(14(16)17)13(12)19-9-3-5-10-4-2-8-18-10/h1,6-7,10H,2-5,8-9H2,(H,16,17). The van der Waals surface area contributed by atoms with Gasteiger partial charge in [-0.2, -0.15) is 0 Å². The Morgan fingerprint density at radius 1 is 1.53 bits per heavy atom. The van der Waals surface area contributed by atoms with Gasteiger partial charge in [0, 0.05) is 6.61 Å². The SMILES string of the molecule is O=C(O)c1cccc(F)c1OCCCC1CCCO1. The summed E-state index contributed by atoms with van der Waals surface area (Å²) in [5.41, 5.74) is -0.142. The molecule has 0 spiro atoms. The lowest BCUT2D eigenvalue weighted by Gasteiger charge is -2.12. The molecule has 1 N–H and O–H groups in total. The molecule has 1 aromatic carbocycles. The molecule has 4 nitrogen and oxygen atoms in total. The number of hydrogen-bond acceptors (Lipinski definition) is 3. The molecule has 0 bridgehead atoms. The number of ether oxygens (including phenoxy) is 2. The molecule has 0 aromatic heterocycles. The second-order valence-electron chi connectivity index (χ2n) is 4.55. The van der Waals surface area contributed by atoms with Gasteiger partial charge in [-0.1, -0.05) is 6.07 Å². The van der Waals surface area contributed by atoms with Crippen molar-refractivity contribution < 1.29 is 23.8 Å². The number of benzene rings is 1. The zero-order valence-electron chi connectivity index (χ0n) is 10.6. The predicted molar refractivity (Wildman–Crippen MR) is 67.1 cm³/mol. The van der Waals surface area contributed by atoms with Gasteiger partial charge in [0.1, 0.15) is 5.56 Å². The van der Waals surface area contributed by atoms with E-state index in [0.29, 0.717) is 6.61 Å². The first-order valence-electron chi connectivity index (χ1n) is 6.44. The number of para-hydroxylation sites is 1. The van der Waals surface area contributed by atoms with Gasteiger partial charge in [-0.3, -0.25) is 0 Å². The zero-order chi connectivity index (χ0) is 13.7. The number of carbonyl (C=O) groups is 1. The molecule has 0 amide bonds. The van der Waals surface area contributed by atoms with Crippen LogP contribution in [0.1, 0.15) is 36.0 Å². The second-order valence-corrected chi connectivity index (χ2v) is 4.55. The summed E-state index contributed by atoms with van der Waals surface area (Å²) in [5.74, 6) is -2.01. The van der Waals surface area contributed by atoms with Crippen LogP contribution in [0.25, 0.3) is 0 Å². The summed E-state index contributed by atoms with van der Waals surface area (Å²) in [6, 6.07) is 3.89. The fourth-order valence-corrected chi connectivity index (χ4v) is 2.18. The molecule has 1 aliphatic heterocycles. The number of hydrogen-bond donors (Lipinski definition) is 1. The lowest BCUT2D eigenvalue weighted by molar-refractivity contribution is 0.0689. The molecule has 1 heterocycles. The number of aromatic carboxylic acids is 1. The quantitative estimate of drug-likeness (QED) is 0.806. The molecule has 0 aliphatic carbocycles. The largest absolute Gasteiger partial charge is 0.490 e. The van der Waals surface area contributed by atoms with Gasteiger partial charge in [0.25, 0.3) is 0 Å². The molecular weight excluding hydrogens is 251 g/mol. The molecule has 5 heteroatoms. The minimum atomic E-state index is -1.19. The van der Waals surface area contributed by atoms with Crippen LogP contribution >= 0.6 is 0 Å². The summed E-state index contributed by atoms with van der Waals surface area (Å²) in [5, 5.41) is 8.95. The fourth-order valence-electron chi connectivity index (χ4n) is 2.18. The van der Waals surface area contributed by atoms with Gasteiger partial charge in [-0.15, -0.1) is 0 Å². The summed E-state index contributed by atoms with van der Waals surface area (Å²) in [6.45, 7) is 1.10. The van der Waals surface area contributed by atoms with Gasteiger partial charge >= 0.3 is 5.97 Å². The minimum Gasteiger partial charge on any atom is -0.490 e. The van der Waals surface area contributed by atoms with Crippen molar-refractivity contribution >= 4 is 5.97 Å². The first kappa shape index (κ1) is 13.8. The molecule has 1 aliphatic rings. The molecule has 0 radical (unpaired) electrons. The van der Waals surface area contributed by atoms with Gasteiger partial charge in [0.05, 0.1) is 12.7 Å². The van der Waals surface area contributed by atoms with Crippen molar-refractivity contribution in [2.24, 2.45) is 0 Å². The van der Waals surface area contributed by atoms with E-state index in [1.165, 1.54) is 18.2 Å². The fraction of sp³-hybridized carbons (Fsp3) is 0.500. The Labute approximate surface area is 111 Å². The average molecular weight is 268 g/mol. The Morgan fingerprint density at radius 2 is 2.37 bits per heavy atom. The number of halogens is 1. The van der Waals surface area contributed by atoms with Crippen LogP contribution in [-0.4, -0.2) is 30.4 Å². The molecule has 1 aromatic rings. The molecule has 1 atom stereocenters.